The van der Waals surface area contributed by atoms with E-state index in [1.807, 2.05) is 60.7 Å². The summed E-state index contributed by atoms with van der Waals surface area (Å²) >= 11 is 1.07. The van der Waals surface area contributed by atoms with Crippen LogP contribution >= 0.6 is 11.3 Å². The van der Waals surface area contributed by atoms with E-state index in [2.05, 4.69) is 5.32 Å². The van der Waals surface area contributed by atoms with Crippen LogP contribution in [0.15, 0.2) is 72.8 Å². The van der Waals surface area contributed by atoms with Gasteiger partial charge < -0.3 is 10.4 Å². The van der Waals surface area contributed by atoms with Crippen molar-refractivity contribution >= 4 is 33.7 Å². The summed E-state index contributed by atoms with van der Waals surface area (Å²) in [5.41, 5.74) is 1.30. The molecule has 30 heavy (non-hydrogen) atoms. The fourth-order valence-electron chi connectivity index (χ4n) is 3.52. The van der Waals surface area contributed by atoms with Gasteiger partial charge in [-0.05, 0) is 29.3 Å². The first-order valence-corrected chi connectivity index (χ1v) is 10.1. The molecule has 1 amide bonds. The molecule has 1 aromatic heterocycles. The Kier molecular flexibility index (Phi) is 5.20. The number of aryl methyl sites for hydroxylation is 1. The van der Waals surface area contributed by atoms with Crippen molar-refractivity contribution in [1.29, 1.82) is 0 Å². The van der Waals surface area contributed by atoms with E-state index in [0.29, 0.717) is 10.4 Å². The van der Waals surface area contributed by atoms with Crippen molar-refractivity contribution < 1.29 is 14.8 Å². The van der Waals surface area contributed by atoms with Gasteiger partial charge in [-0.2, -0.15) is 0 Å². The van der Waals surface area contributed by atoms with Crippen molar-refractivity contribution in [3.63, 3.8) is 0 Å². The normalized spacial score (nSPS) is 11.9. The maximum atomic E-state index is 13.0. The van der Waals surface area contributed by atoms with E-state index in [4.69, 9.17) is 0 Å². The van der Waals surface area contributed by atoms with Crippen LogP contribution in [0.2, 0.25) is 0 Å². The summed E-state index contributed by atoms with van der Waals surface area (Å²) in [5.74, 6) is -0.367. The number of thiophene rings is 1. The first-order chi connectivity index (χ1) is 14.5. The zero-order valence-corrected chi connectivity index (χ0v) is 16.8. The number of fused-ring (bicyclic) bond motifs is 1. The van der Waals surface area contributed by atoms with Crippen LogP contribution in [0.3, 0.4) is 0 Å². The Labute approximate surface area is 176 Å². The van der Waals surface area contributed by atoms with Crippen molar-refractivity contribution in [2.45, 2.75) is 13.0 Å². The molecule has 0 bridgehead atoms. The van der Waals surface area contributed by atoms with Gasteiger partial charge in [-0.1, -0.05) is 60.7 Å². The van der Waals surface area contributed by atoms with Crippen LogP contribution in [-0.2, 0) is 0 Å². The highest BCUT2D eigenvalue weighted by molar-refractivity contribution is 7.14. The third-order valence-corrected chi connectivity index (χ3v) is 6.00. The number of carbonyl (C=O) groups excluding carboxylic acids is 1. The van der Waals surface area contributed by atoms with Crippen LogP contribution in [-0.4, -0.2) is 15.9 Å². The molecule has 1 atom stereocenters. The van der Waals surface area contributed by atoms with Crippen molar-refractivity contribution in [2.75, 3.05) is 0 Å². The molecule has 0 aliphatic rings. The second-order valence-electron chi connectivity index (χ2n) is 6.85. The largest absolute Gasteiger partial charge is 0.508 e. The maximum absolute atomic E-state index is 13.0. The average Bonchev–Trinajstić information content (AvgIpc) is 3.15. The zero-order valence-electron chi connectivity index (χ0n) is 16.0. The topological polar surface area (TPSA) is 92.5 Å². The molecule has 0 spiro atoms. The van der Waals surface area contributed by atoms with Gasteiger partial charge in [0.15, 0.2) is 0 Å². The molecule has 4 rings (SSSR count). The van der Waals surface area contributed by atoms with E-state index in [-0.39, 0.29) is 16.3 Å². The van der Waals surface area contributed by atoms with Gasteiger partial charge in [0.1, 0.15) is 5.75 Å². The number of phenolic OH excluding ortho intramolecular Hbond substituents is 1. The molecule has 6 nitrogen and oxygen atoms in total. The Hall–Kier alpha value is -3.71. The summed E-state index contributed by atoms with van der Waals surface area (Å²) < 4.78 is 0. The fourth-order valence-corrected chi connectivity index (χ4v) is 4.41. The lowest BCUT2D eigenvalue weighted by Gasteiger charge is -2.22. The predicted octanol–water partition coefficient (Wildman–Crippen LogP) is 5.34. The number of aromatic hydroxyl groups is 1. The summed E-state index contributed by atoms with van der Waals surface area (Å²) in [4.78, 5) is 24.4. The lowest BCUT2D eigenvalue weighted by Crippen LogP contribution is -2.29. The maximum Gasteiger partial charge on any atom is 0.283 e. The third-order valence-electron chi connectivity index (χ3n) is 4.96. The highest BCUT2D eigenvalue weighted by Crippen LogP contribution is 2.36. The minimum atomic E-state index is -0.633. The fraction of sp³-hybridized carbons (Fsp3) is 0.0870. The lowest BCUT2D eigenvalue weighted by molar-refractivity contribution is -0.385. The molecule has 0 saturated carbocycles. The van der Waals surface area contributed by atoms with Crippen LogP contribution in [0.4, 0.5) is 5.69 Å². The number of rotatable bonds is 5. The quantitative estimate of drug-likeness (QED) is 0.338. The molecule has 4 aromatic rings. The molecule has 3 aromatic carbocycles. The third kappa shape index (κ3) is 3.62. The molecule has 1 heterocycles. The number of benzene rings is 3. The Bertz CT molecular complexity index is 1250. The van der Waals surface area contributed by atoms with Crippen LogP contribution < -0.4 is 5.32 Å². The number of phenols is 1. The smallest absolute Gasteiger partial charge is 0.283 e. The molecule has 0 aliphatic carbocycles. The van der Waals surface area contributed by atoms with Crippen molar-refractivity contribution in [1.82, 2.24) is 5.32 Å². The van der Waals surface area contributed by atoms with Crippen molar-refractivity contribution in [2.24, 2.45) is 0 Å². The van der Waals surface area contributed by atoms with E-state index >= 15 is 0 Å². The number of nitro groups is 1. The minimum Gasteiger partial charge on any atom is -0.508 e. The molecular weight excluding hydrogens is 400 g/mol. The van der Waals surface area contributed by atoms with Gasteiger partial charge in [0.25, 0.3) is 11.6 Å². The Morgan fingerprint density at radius 3 is 2.47 bits per heavy atom. The van der Waals surface area contributed by atoms with Gasteiger partial charge in [0, 0.05) is 11.6 Å². The van der Waals surface area contributed by atoms with Crippen LogP contribution in [0.25, 0.3) is 10.8 Å². The monoisotopic (exact) mass is 418 g/mol. The minimum absolute atomic E-state index is 0.0659. The standard InChI is InChI=1S/C23H18N2O4S/c1-14-18(25(28)29)13-20(30-14)23(27)24-22(16-8-3-2-4-9-16)21-17-10-6-5-7-15(17)11-12-19(21)26/h2-13,22,26H,1H3,(H,24,27)/t22-/m0/s1. The summed E-state index contributed by atoms with van der Waals surface area (Å²) in [6, 6.07) is 21.0. The first kappa shape index (κ1) is 19.6. The van der Waals surface area contributed by atoms with Gasteiger partial charge in [-0.15, -0.1) is 11.3 Å². The van der Waals surface area contributed by atoms with E-state index in [9.17, 15) is 20.0 Å². The van der Waals surface area contributed by atoms with Crippen LogP contribution in [0.1, 0.15) is 31.7 Å². The van der Waals surface area contributed by atoms with Crippen molar-refractivity contribution in [3.8, 4) is 5.75 Å². The molecule has 7 heteroatoms. The van der Waals surface area contributed by atoms with Crippen LogP contribution in [0, 0.1) is 17.0 Å². The summed E-state index contributed by atoms with van der Waals surface area (Å²) in [5, 5.41) is 26.6. The van der Waals surface area contributed by atoms with Gasteiger partial charge in [0.2, 0.25) is 0 Å². The molecular formula is C23H18N2O4S. The molecule has 0 saturated heterocycles. The SMILES string of the molecule is Cc1sc(C(=O)N[C@@H](c2ccccc2)c2c(O)ccc3ccccc23)cc1[N+](=O)[O-]. The number of nitrogens with zero attached hydrogens (tertiary/aromatic N) is 1. The van der Waals surface area contributed by atoms with Gasteiger partial charge >= 0.3 is 0 Å². The van der Waals surface area contributed by atoms with E-state index in [1.165, 1.54) is 6.07 Å². The van der Waals surface area contributed by atoms with E-state index in [1.54, 1.807) is 13.0 Å². The van der Waals surface area contributed by atoms with Crippen molar-refractivity contribution in [3.05, 3.63) is 104 Å². The highest BCUT2D eigenvalue weighted by Gasteiger charge is 2.25. The first-order valence-electron chi connectivity index (χ1n) is 9.27. The van der Waals surface area contributed by atoms with E-state index in [0.717, 1.165) is 27.7 Å². The zero-order chi connectivity index (χ0) is 21.3. The Balaban J connectivity index is 1.81. The highest BCUT2D eigenvalue weighted by atomic mass is 32.1. The van der Waals surface area contributed by atoms with Gasteiger partial charge in [-0.25, -0.2) is 0 Å². The summed E-state index contributed by atoms with van der Waals surface area (Å²) in [6.45, 7) is 1.62. The Morgan fingerprint density at radius 2 is 1.77 bits per heavy atom. The summed E-state index contributed by atoms with van der Waals surface area (Å²) in [7, 11) is 0. The average molecular weight is 418 g/mol. The lowest BCUT2D eigenvalue weighted by atomic mass is 9.92. The van der Waals surface area contributed by atoms with Gasteiger partial charge in [-0.3, -0.25) is 14.9 Å². The van der Waals surface area contributed by atoms with Crippen LogP contribution in [0.5, 0.6) is 5.75 Å². The Morgan fingerprint density at radius 1 is 1.07 bits per heavy atom. The number of hydrogen-bond donors (Lipinski definition) is 2. The molecule has 0 aliphatic heterocycles. The molecule has 0 fully saturated rings. The second-order valence-corrected chi connectivity index (χ2v) is 8.10. The van der Waals surface area contributed by atoms with E-state index < -0.39 is 16.9 Å². The second kappa shape index (κ2) is 7.96. The number of amides is 1. The molecule has 0 unspecified atom stereocenters. The molecule has 2 N–H and O–H groups in total. The molecule has 0 radical (unpaired) electrons. The summed E-state index contributed by atoms with van der Waals surface area (Å²) in [6.07, 6.45) is 0. The van der Waals surface area contributed by atoms with Gasteiger partial charge in [0.05, 0.1) is 20.7 Å². The predicted molar refractivity (Wildman–Crippen MR) is 117 cm³/mol. The number of carbonyl (C=O) groups is 1. The number of hydrogen-bond acceptors (Lipinski definition) is 5. The molecule has 150 valence electrons. The number of nitrogens with one attached hydrogen (secondary N) is 1.